The molecular weight excluding hydrogens is 306 g/mol. The van der Waals surface area contributed by atoms with Gasteiger partial charge in [-0.2, -0.15) is 5.10 Å². The maximum atomic E-state index is 4.52. The van der Waals surface area contributed by atoms with Gasteiger partial charge < -0.3 is 5.32 Å². The number of nitrogens with one attached hydrogen (secondary N) is 1. The molecule has 0 bridgehead atoms. The first kappa shape index (κ1) is 14.1. The van der Waals surface area contributed by atoms with Crippen LogP contribution in [0.5, 0.6) is 0 Å². The highest BCUT2D eigenvalue weighted by molar-refractivity contribution is 9.10. The Morgan fingerprint density at radius 1 is 1.47 bits per heavy atom. The highest BCUT2D eigenvalue weighted by Crippen LogP contribution is 2.25. The molecule has 2 aromatic heterocycles. The Morgan fingerprint density at radius 3 is 2.84 bits per heavy atom. The normalized spacial score (nSPS) is 12.6. The molecule has 0 spiro atoms. The predicted octanol–water partition coefficient (Wildman–Crippen LogP) is 2.27. The molecule has 1 unspecified atom stereocenters. The van der Waals surface area contributed by atoms with E-state index in [0.29, 0.717) is 0 Å². The van der Waals surface area contributed by atoms with Crippen molar-refractivity contribution in [1.29, 1.82) is 0 Å². The summed E-state index contributed by atoms with van der Waals surface area (Å²) in [6, 6.07) is 2.09. The van der Waals surface area contributed by atoms with Gasteiger partial charge in [-0.15, -0.1) is 0 Å². The van der Waals surface area contributed by atoms with E-state index in [1.807, 2.05) is 24.7 Å². The predicted molar refractivity (Wildman–Crippen MR) is 77.9 cm³/mol. The summed E-state index contributed by atoms with van der Waals surface area (Å²) in [5, 5.41) is 7.82. The zero-order valence-corrected chi connectivity index (χ0v) is 13.0. The van der Waals surface area contributed by atoms with E-state index < -0.39 is 0 Å². The van der Waals surface area contributed by atoms with Gasteiger partial charge in [0.1, 0.15) is 6.33 Å². The molecule has 0 aliphatic rings. The fraction of sp³-hybridized carbons (Fsp3) is 0.462. The topological polar surface area (TPSA) is 55.6 Å². The molecule has 2 heterocycles. The van der Waals surface area contributed by atoms with Gasteiger partial charge in [-0.05, 0) is 42.9 Å². The van der Waals surface area contributed by atoms with E-state index in [1.165, 1.54) is 5.69 Å². The minimum absolute atomic E-state index is 0.153. The molecule has 0 saturated heterocycles. The fourth-order valence-corrected chi connectivity index (χ4v) is 2.56. The smallest absolute Gasteiger partial charge is 0.115 e. The van der Waals surface area contributed by atoms with Gasteiger partial charge in [0.15, 0.2) is 0 Å². The van der Waals surface area contributed by atoms with E-state index >= 15 is 0 Å². The molecule has 1 N–H and O–H groups in total. The van der Waals surface area contributed by atoms with Crippen molar-refractivity contribution in [3.63, 3.8) is 0 Å². The van der Waals surface area contributed by atoms with Crippen LogP contribution in [0.4, 0.5) is 0 Å². The number of hydrogen-bond donors (Lipinski definition) is 1. The molecule has 0 amide bonds. The van der Waals surface area contributed by atoms with Crippen LogP contribution in [0.15, 0.2) is 23.1 Å². The van der Waals surface area contributed by atoms with Gasteiger partial charge in [-0.3, -0.25) is 4.68 Å². The van der Waals surface area contributed by atoms with Gasteiger partial charge >= 0.3 is 0 Å². The highest BCUT2D eigenvalue weighted by atomic mass is 79.9. The monoisotopic (exact) mass is 323 g/mol. The molecule has 2 aromatic rings. The molecule has 1 atom stereocenters. The van der Waals surface area contributed by atoms with E-state index in [0.717, 1.165) is 28.8 Å². The minimum atomic E-state index is 0.153. The van der Waals surface area contributed by atoms with Gasteiger partial charge in [0.2, 0.25) is 0 Å². The summed E-state index contributed by atoms with van der Waals surface area (Å²) < 4.78 is 3.12. The summed E-state index contributed by atoms with van der Waals surface area (Å²) in [4.78, 5) is 8.28. The minimum Gasteiger partial charge on any atom is -0.311 e. The quantitative estimate of drug-likeness (QED) is 0.917. The maximum absolute atomic E-state index is 4.52. The first-order valence-corrected chi connectivity index (χ1v) is 7.11. The van der Waals surface area contributed by atoms with Crippen LogP contribution in [-0.4, -0.2) is 26.8 Å². The third kappa shape index (κ3) is 3.01. The van der Waals surface area contributed by atoms with Crippen molar-refractivity contribution < 1.29 is 0 Å². The highest BCUT2D eigenvalue weighted by Gasteiger charge is 2.18. The van der Waals surface area contributed by atoms with Gasteiger partial charge in [0.05, 0.1) is 27.6 Å². The van der Waals surface area contributed by atoms with E-state index in [2.05, 4.69) is 43.2 Å². The van der Waals surface area contributed by atoms with Gasteiger partial charge in [0.25, 0.3) is 0 Å². The Kier molecular flexibility index (Phi) is 4.66. The average Bonchev–Trinajstić information content (AvgIpc) is 2.72. The second-order valence-corrected chi connectivity index (χ2v) is 5.13. The third-order valence-electron chi connectivity index (χ3n) is 3.16. The molecule has 0 radical (unpaired) electrons. The fourth-order valence-electron chi connectivity index (χ4n) is 2.12. The van der Waals surface area contributed by atoms with E-state index in [1.54, 1.807) is 12.5 Å². The van der Waals surface area contributed by atoms with Crippen molar-refractivity contribution in [3.8, 4) is 0 Å². The number of hydrogen-bond acceptors (Lipinski definition) is 4. The van der Waals surface area contributed by atoms with Gasteiger partial charge in [0, 0.05) is 19.2 Å². The van der Waals surface area contributed by atoms with Crippen molar-refractivity contribution in [3.05, 3.63) is 40.1 Å². The zero-order valence-electron chi connectivity index (χ0n) is 11.4. The Hall–Kier alpha value is -1.27. The van der Waals surface area contributed by atoms with E-state index in [9.17, 15) is 0 Å². The molecule has 0 fully saturated rings. The number of aryl methyl sites for hydroxylation is 2. The van der Waals surface area contributed by atoms with Crippen molar-refractivity contribution in [2.75, 3.05) is 7.05 Å². The number of halogens is 1. The Bertz CT molecular complexity index is 537. The van der Waals surface area contributed by atoms with Crippen LogP contribution in [0, 0.1) is 6.92 Å². The number of nitrogens with zero attached hydrogens (tertiary/aromatic N) is 4. The summed E-state index contributed by atoms with van der Waals surface area (Å²) in [6.45, 7) is 4.97. The SMILES string of the molecule is CCn1nc(C)c(Br)c1CC(NC)c1ccncn1. The van der Waals surface area contributed by atoms with E-state index in [-0.39, 0.29) is 6.04 Å². The summed E-state index contributed by atoms with van der Waals surface area (Å²) >= 11 is 3.63. The number of aromatic nitrogens is 4. The average molecular weight is 324 g/mol. The van der Waals surface area contributed by atoms with Crippen LogP contribution in [0.3, 0.4) is 0 Å². The first-order valence-electron chi connectivity index (χ1n) is 6.32. The van der Waals surface area contributed by atoms with Crippen LogP contribution in [0.2, 0.25) is 0 Å². The van der Waals surface area contributed by atoms with Crippen molar-refractivity contribution in [2.45, 2.75) is 32.9 Å². The van der Waals surface area contributed by atoms with Crippen LogP contribution in [0.1, 0.15) is 30.0 Å². The molecule has 0 aliphatic carbocycles. The lowest BCUT2D eigenvalue weighted by molar-refractivity contribution is 0.529. The number of likely N-dealkylation sites (N-methyl/N-ethyl adjacent to an activating group) is 1. The Labute approximate surface area is 121 Å². The molecule has 0 aromatic carbocycles. The van der Waals surface area contributed by atoms with E-state index in [4.69, 9.17) is 0 Å². The molecule has 5 nitrogen and oxygen atoms in total. The van der Waals surface area contributed by atoms with Crippen molar-refractivity contribution in [1.82, 2.24) is 25.1 Å². The summed E-state index contributed by atoms with van der Waals surface area (Å²) in [5.41, 5.74) is 3.21. The summed E-state index contributed by atoms with van der Waals surface area (Å²) in [6.07, 6.45) is 4.18. The first-order chi connectivity index (χ1) is 9.17. The van der Waals surface area contributed by atoms with Gasteiger partial charge in [-0.25, -0.2) is 9.97 Å². The largest absolute Gasteiger partial charge is 0.311 e. The summed E-state index contributed by atoms with van der Waals surface area (Å²) in [7, 11) is 1.94. The molecule has 102 valence electrons. The summed E-state index contributed by atoms with van der Waals surface area (Å²) in [5.74, 6) is 0. The Balaban J connectivity index is 2.29. The third-order valence-corrected chi connectivity index (χ3v) is 4.19. The lowest BCUT2D eigenvalue weighted by Crippen LogP contribution is -2.21. The maximum Gasteiger partial charge on any atom is 0.115 e. The molecule has 0 saturated carbocycles. The second kappa shape index (κ2) is 6.25. The van der Waals surface area contributed by atoms with Crippen molar-refractivity contribution in [2.24, 2.45) is 0 Å². The Morgan fingerprint density at radius 2 is 2.26 bits per heavy atom. The molecule has 19 heavy (non-hydrogen) atoms. The molecular formula is C13H18BrN5. The zero-order chi connectivity index (χ0) is 13.8. The van der Waals surface area contributed by atoms with Crippen LogP contribution in [-0.2, 0) is 13.0 Å². The molecule has 0 aliphatic heterocycles. The van der Waals surface area contributed by atoms with Crippen molar-refractivity contribution >= 4 is 15.9 Å². The molecule has 2 rings (SSSR count). The van der Waals surface area contributed by atoms with Crippen LogP contribution >= 0.6 is 15.9 Å². The van der Waals surface area contributed by atoms with Crippen LogP contribution in [0.25, 0.3) is 0 Å². The lowest BCUT2D eigenvalue weighted by Gasteiger charge is -2.16. The second-order valence-electron chi connectivity index (χ2n) is 4.34. The van der Waals surface area contributed by atoms with Crippen LogP contribution < -0.4 is 5.32 Å². The standard InChI is InChI=1S/C13H18BrN5/c1-4-19-12(13(14)9(2)18-19)7-11(15-3)10-5-6-16-8-17-10/h5-6,8,11,15H,4,7H2,1-3H3. The lowest BCUT2D eigenvalue weighted by atomic mass is 10.1. The molecule has 6 heteroatoms. The number of rotatable bonds is 5. The van der Waals surface area contributed by atoms with Gasteiger partial charge in [-0.1, -0.05) is 0 Å².